The van der Waals surface area contributed by atoms with Crippen molar-refractivity contribution in [3.8, 4) is 11.1 Å². The quantitative estimate of drug-likeness (QED) is 0.180. The number of hydrogen-bond donors (Lipinski definition) is 0. The first-order valence-electron chi connectivity index (χ1n) is 18.4. The second kappa shape index (κ2) is 11.2. The summed E-state index contributed by atoms with van der Waals surface area (Å²) in [5.74, 6) is 0. The number of anilines is 3. The smallest absolute Gasteiger partial charge is 0.135 e. The minimum atomic E-state index is -0.280. The Balaban J connectivity index is 1.04. The molecule has 0 saturated heterocycles. The number of rotatable bonds is 4. The second-order valence-electron chi connectivity index (χ2n) is 14.6. The third kappa shape index (κ3) is 4.21. The Labute approximate surface area is 319 Å². The lowest BCUT2D eigenvalue weighted by atomic mass is 9.74. The van der Waals surface area contributed by atoms with Gasteiger partial charge in [-0.05, 0) is 101 Å². The largest absolute Gasteiger partial charge is 0.456 e. The highest BCUT2D eigenvalue weighted by Gasteiger charge is 2.40. The molecule has 0 bridgehead atoms. The Morgan fingerprint density at radius 3 is 1.70 bits per heavy atom. The van der Waals surface area contributed by atoms with E-state index in [1.807, 2.05) is 22.7 Å². The van der Waals surface area contributed by atoms with Crippen LogP contribution in [-0.2, 0) is 5.41 Å². The van der Waals surface area contributed by atoms with E-state index in [1.165, 1.54) is 68.2 Å². The van der Waals surface area contributed by atoms with E-state index >= 15 is 0 Å². The van der Waals surface area contributed by atoms with E-state index in [-0.39, 0.29) is 5.41 Å². The molecule has 0 saturated carbocycles. The van der Waals surface area contributed by atoms with Crippen molar-refractivity contribution in [2.45, 2.75) is 12.3 Å². The zero-order chi connectivity index (χ0) is 35.5. The second-order valence-corrected chi connectivity index (χ2v) is 16.8. The molecule has 254 valence electrons. The van der Waals surface area contributed by atoms with Gasteiger partial charge in [-0.2, -0.15) is 0 Å². The number of nitrogens with zero attached hydrogens (tertiary/aromatic N) is 1. The van der Waals surface area contributed by atoms with E-state index in [4.69, 9.17) is 4.42 Å². The molecule has 54 heavy (non-hydrogen) atoms. The van der Waals surface area contributed by atoms with Gasteiger partial charge in [-0.3, -0.25) is 0 Å². The van der Waals surface area contributed by atoms with Crippen LogP contribution >= 0.6 is 22.7 Å². The van der Waals surface area contributed by atoms with Crippen LogP contribution in [0.25, 0.3) is 73.4 Å². The fourth-order valence-electron chi connectivity index (χ4n) is 9.13. The van der Waals surface area contributed by atoms with Gasteiger partial charge in [0, 0.05) is 73.6 Å². The van der Waals surface area contributed by atoms with Gasteiger partial charge in [-0.1, -0.05) is 103 Å². The average molecular weight is 726 g/mol. The van der Waals surface area contributed by atoms with Crippen molar-refractivity contribution in [2.75, 3.05) is 4.90 Å². The summed E-state index contributed by atoms with van der Waals surface area (Å²) in [4.78, 5) is 2.41. The molecule has 0 amide bonds. The molecule has 0 fully saturated rings. The highest BCUT2D eigenvalue weighted by molar-refractivity contribution is 7.26. The molecule has 0 unspecified atom stereocenters. The number of furan rings is 1. The topological polar surface area (TPSA) is 16.4 Å². The lowest BCUT2D eigenvalue weighted by molar-refractivity contribution is 0.662. The molecular weight excluding hydrogens is 695 g/mol. The van der Waals surface area contributed by atoms with Gasteiger partial charge < -0.3 is 9.32 Å². The molecule has 0 aliphatic heterocycles. The van der Waals surface area contributed by atoms with Gasteiger partial charge in [0.1, 0.15) is 11.2 Å². The molecule has 3 aromatic heterocycles. The van der Waals surface area contributed by atoms with Crippen LogP contribution in [0.1, 0.15) is 23.6 Å². The summed E-state index contributed by atoms with van der Waals surface area (Å²) in [7, 11) is 0. The van der Waals surface area contributed by atoms with Crippen LogP contribution in [0, 0.1) is 0 Å². The van der Waals surface area contributed by atoms with Crippen LogP contribution in [0.4, 0.5) is 17.1 Å². The normalized spacial score (nSPS) is 13.4. The van der Waals surface area contributed by atoms with E-state index < -0.39 is 0 Å². The molecular formula is C50H31NOS2. The maximum atomic E-state index is 6.69. The van der Waals surface area contributed by atoms with Crippen molar-refractivity contribution in [3.05, 3.63) is 187 Å². The Bertz CT molecular complexity index is 3280. The number of hydrogen-bond acceptors (Lipinski definition) is 4. The van der Waals surface area contributed by atoms with Gasteiger partial charge in [0.2, 0.25) is 0 Å². The zero-order valence-electron chi connectivity index (χ0n) is 29.3. The molecule has 0 radical (unpaired) electrons. The van der Waals surface area contributed by atoms with Gasteiger partial charge in [-0.15, -0.1) is 22.7 Å². The van der Waals surface area contributed by atoms with Crippen LogP contribution < -0.4 is 4.90 Å². The summed E-state index contributed by atoms with van der Waals surface area (Å²) in [6, 6.07) is 62.5. The van der Waals surface area contributed by atoms with Crippen molar-refractivity contribution < 1.29 is 4.42 Å². The van der Waals surface area contributed by atoms with Gasteiger partial charge in [0.25, 0.3) is 0 Å². The first-order valence-corrected chi connectivity index (χ1v) is 20.0. The van der Waals surface area contributed by atoms with Gasteiger partial charge in [0.05, 0.1) is 0 Å². The fraction of sp³-hybridized carbons (Fsp3) is 0.0400. The number of fused-ring (bicyclic) bond motifs is 12. The predicted octanol–water partition coefficient (Wildman–Crippen LogP) is 15.1. The molecule has 11 aromatic rings. The van der Waals surface area contributed by atoms with E-state index in [2.05, 4.69) is 182 Å². The standard InChI is InChI=1S/C50H31NOS2/c1-50(42-14-6-2-10-34(42)35-11-3-7-15-43(35)50)30-18-22-36-40-27-31(20-24-44(40)52-45(36)26-30)51(32-21-25-48-41(28-32)38-13-5-9-17-47(38)53-48)33-19-23-39-37-12-4-8-16-46(37)54-49(39)29-33/h2-29H,1H3. The Morgan fingerprint density at radius 1 is 0.407 bits per heavy atom. The summed E-state index contributed by atoms with van der Waals surface area (Å²) in [5.41, 5.74) is 11.4. The first-order chi connectivity index (χ1) is 26.6. The lowest BCUT2D eigenvalue weighted by Crippen LogP contribution is -2.22. The molecule has 1 aliphatic rings. The van der Waals surface area contributed by atoms with Crippen LogP contribution in [-0.4, -0.2) is 0 Å². The molecule has 8 aromatic carbocycles. The molecule has 1 aliphatic carbocycles. The molecule has 4 heteroatoms. The van der Waals surface area contributed by atoms with Crippen molar-refractivity contribution in [1.82, 2.24) is 0 Å². The number of thiophene rings is 2. The van der Waals surface area contributed by atoms with Crippen molar-refractivity contribution >= 4 is 102 Å². The highest BCUT2D eigenvalue weighted by Crippen LogP contribution is 2.53. The summed E-state index contributed by atoms with van der Waals surface area (Å²) in [6.07, 6.45) is 0. The predicted molar refractivity (Wildman–Crippen MR) is 232 cm³/mol. The van der Waals surface area contributed by atoms with Crippen LogP contribution in [0.15, 0.2) is 174 Å². The third-order valence-corrected chi connectivity index (χ3v) is 14.0. The maximum Gasteiger partial charge on any atom is 0.135 e. The molecule has 0 spiro atoms. The van der Waals surface area contributed by atoms with Crippen molar-refractivity contribution in [3.63, 3.8) is 0 Å². The zero-order valence-corrected chi connectivity index (χ0v) is 31.0. The molecule has 0 N–H and O–H groups in total. The summed E-state index contributed by atoms with van der Waals surface area (Å²) >= 11 is 3.71. The maximum absolute atomic E-state index is 6.69. The average Bonchev–Trinajstić information content (AvgIpc) is 3.96. The van der Waals surface area contributed by atoms with E-state index in [9.17, 15) is 0 Å². The van der Waals surface area contributed by atoms with Crippen molar-refractivity contribution in [1.29, 1.82) is 0 Å². The van der Waals surface area contributed by atoms with E-state index in [1.54, 1.807) is 0 Å². The minimum Gasteiger partial charge on any atom is -0.456 e. The Kier molecular flexibility index (Phi) is 6.26. The first kappa shape index (κ1) is 30.3. The Hall–Kier alpha value is -6.20. The Morgan fingerprint density at radius 2 is 0.944 bits per heavy atom. The fourth-order valence-corrected chi connectivity index (χ4v) is 11.4. The number of benzene rings is 8. The monoisotopic (exact) mass is 725 g/mol. The molecule has 3 heterocycles. The summed E-state index contributed by atoms with van der Waals surface area (Å²) in [5, 5.41) is 7.43. The SMILES string of the molecule is CC1(c2ccc3c(c2)oc2ccc(N(c4ccc5c(c4)sc4ccccc45)c4ccc5sc6ccccc6c5c4)cc23)c2ccccc2-c2ccccc21. The van der Waals surface area contributed by atoms with E-state index in [0.717, 1.165) is 39.0 Å². The van der Waals surface area contributed by atoms with Crippen LogP contribution in [0.5, 0.6) is 0 Å². The molecule has 0 atom stereocenters. The van der Waals surface area contributed by atoms with E-state index in [0.29, 0.717) is 0 Å². The summed E-state index contributed by atoms with van der Waals surface area (Å²) < 4.78 is 11.9. The van der Waals surface area contributed by atoms with Crippen LogP contribution in [0.2, 0.25) is 0 Å². The highest BCUT2D eigenvalue weighted by atomic mass is 32.1. The minimum absolute atomic E-state index is 0.280. The molecule has 2 nitrogen and oxygen atoms in total. The van der Waals surface area contributed by atoms with Crippen LogP contribution in [0.3, 0.4) is 0 Å². The summed E-state index contributed by atoms with van der Waals surface area (Å²) in [6.45, 7) is 2.36. The van der Waals surface area contributed by atoms with Crippen molar-refractivity contribution in [2.24, 2.45) is 0 Å². The van der Waals surface area contributed by atoms with Gasteiger partial charge >= 0.3 is 0 Å². The lowest BCUT2D eigenvalue weighted by Gasteiger charge is -2.28. The van der Waals surface area contributed by atoms with Gasteiger partial charge in [-0.25, -0.2) is 0 Å². The molecule has 12 rings (SSSR count). The van der Waals surface area contributed by atoms with Gasteiger partial charge in [0.15, 0.2) is 0 Å². The third-order valence-electron chi connectivity index (χ3n) is 11.8.